The van der Waals surface area contributed by atoms with Gasteiger partial charge in [0.1, 0.15) is 0 Å². The van der Waals surface area contributed by atoms with Gasteiger partial charge in [-0.15, -0.1) is 0 Å². The molecule has 76 valence electrons. The Morgan fingerprint density at radius 1 is 1.07 bits per heavy atom. The van der Waals surface area contributed by atoms with Crippen molar-refractivity contribution in [3.63, 3.8) is 0 Å². The summed E-state index contributed by atoms with van der Waals surface area (Å²) < 4.78 is 0. The van der Waals surface area contributed by atoms with Crippen molar-refractivity contribution < 1.29 is 0 Å². The summed E-state index contributed by atoms with van der Waals surface area (Å²) in [5.41, 5.74) is 1.47. The quantitative estimate of drug-likeness (QED) is 0.748. The third kappa shape index (κ3) is 2.12. The molecule has 0 aliphatic heterocycles. The standard InChI is InChI=1S/C12H17NS/c13-14-12-9-5-4-8-11(12)10-6-2-1-3-7-10/h4-5,8-10H,1-3,6-7,13H2. The van der Waals surface area contributed by atoms with E-state index in [4.69, 9.17) is 5.14 Å². The van der Waals surface area contributed by atoms with E-state index in [1.165, 1.54) is 54.5 Å². The highest BCUT2D eigenvalue weighted by molar-refractivity contribution is 7.97. The van der Waals surface area contributed by atoms with E-state index in [0.717, 1.165) is 5.92 Å². The topological polar surface area (TPSA) is 26.0 Å². The number of benzene rings is 1. The molecule has 0 unspecified atom stereocenters. The van der Waals surface area contributed by atoms with E-state index >= 15 is 0 Å². The lowest BCUT2D eigenvalue weighted by Crippen LogP contribution is -2.05. The molecule has 1 aliphatic carbocycles. The van der Waals surface area contributed by atoms with Gasteiger partial charge in [-0.1, -0.05) is 37.5 Å². The summed E-state index contributed by atoms with van der Waals surface area (Å²) in [4.78, 5) is 1.26. The Kier molecular flexibility index (Phi) is 3.49. The second-order valence-corrected chi connectivity index (χ2v) is 4.67. The lowest BCUT2D eigenvalue weighted by atomic mass is 9.84. The molecule has 0 atom stereocenters. The van der Waals surface area contributed by atoms with Gasteiger partial charge in [0.15, 0.2) is 0 Å². The van der Waals surface area contributed by atoms with Crippen LogP contribution in [0.2, 0.25) is 0 Å². The smallest absolute Gasteiger partial charge is 0.0260 e. The minimum absolute atomic E-state index is 0.760. The second-order valence-electron chi connectivity index (χ2n) is 3.99. The zero-order chi connectivity index (χ0) is 9.80. The van der Waals surface area contributed by atoms with Crippen molar-refractivity contribution in [3.8, 4) is 0 Å². The van der Waals surface area contributed by atoms with Crippen LogP contribution in [0.5, 0.6) is 0 Å². The highest BCUT2D eigenvalue weighted by Crippen LogP contribution is 2.36. The van der Waals surface area contributed by atoms with Crippen molar-refractivity contribution in [2.75, 3.05) is 0 Å². The molecule has 1 nitrogen and oxygen atoms in total. The predicted octanol–water partition coefficient (Wildman–Crippen LogP) is 3.70. The largest absolute Gasteiger partial charge is 0.274 e. The van der Waals surface area contributed by atoms with Crippen molar-refractivity contribution in [2.24, 2.45) is 5.14 Å². The van der Waals surface area contributed by atoms with Crippen molar-refractivity contribution in [1.29, 1.82) is 0 Å². The molecule has 0 radical (unpaired) electrons. The first-order chi connectivity index (χ1) is 6.92. The third-order valence-electron chi connectivity index (χ3n) is 3.09. The first-order valence-electron chi connectivity index (χ1n) is 5.37. The molecule has 2 heteroatoms. The molecule has 0 amide bonds. The van der Waals surface area contributed by atoms with Crippen LogP contribution in [-0.2, 0) is 0 Å². The van der Waals surface area contributed by atoms with Crippen molar-refractivity contribution in [1.82, 2.24) is 0 Å². The van der Waals surface area contributed by atoms with Crippen LogP contribution >= 0.6 is 11.9 Å². The summed E-state index contributed by atoms with van der Waals surface area (Å²) in [6.07, 6.45) is 6.87. The molecule has 0 aromatic heterocycles. The van der Waals surface area contributed by atoms with Gasteiger partial charge in [-0.05, 0) is 42.3 Å². The first-order valence-corrected chi connectivity index (χ1v) is 6.25. The van der Waals surface area contributed by atoms with Crippen molar-refractivity contribution in [2.45, 2.75) is 42.9 Å². The van der Waals surface area contributed by atoms with Gasteiger partial charge in [-0.2, -0.15) is 0 Å². The first kappa shape index (κ1) is 10.1. The minimum Gasteiger partial charge on any atom is -0.274 e. The summed E-state index contributed by atoms with van der Waals surface area (Å²) in [5, 5.41) is 5.67. The SMILES string of the molecule is NSc1ccccc1C1CCCCC1. The lowest BCUT2D eigenvalue weighted by molar-refractivity contribution is 0.439. The maximum atomic E-state index is 5.67. The molecule has 2 N–H and O–H groups in total. The second kappa shape index (κ2) is 4.85. The van der Waals surface area contributed by atoms with E-state index in [0.29, 0.717) is 0 Å². The molecule has 14 heavy (non-hydrogen) atoms. The van der Waals surface area contributed by atoms with E-state index in [2.05, 4.69) is 24.3 Å². The molecule has 0 saturated heterocycles. The van der Waals surface area contributed by atoms with Crippen LogP contribution in [0.4, 0.5) is 0 Å². The van der Waals surface area contributed by atoms with Gasteiger partial charge < -0.3 is 0 Å². The lowest BCUT2D eigenvalue weighted by Gasteiger charge is -2.23. The van der Waals surface area contributed by atoms with Crippen LogP contribution in [0.3, 0.4) is 0 Å². The van der Waals surface area contributed by atoms with Crippen LogP contribution in [0.1, 0.15) is 43.6 Å². The highest BCUT2D eigenvalue weighted by atomic mass is 32.2. The van der Waals surface area contributed by atoms with E-state index in [1.807, 2.05) is 0 Å². The molecule has 0 spiro atoms. The molecule has 2 rings (SSSR count). The van der Waals surface area contributed by atoms with Crippen molar-refractivity contribution >= 4 is 11.9 Å². The van der Waals surface area contributed by atoms with Crippen LogP contribution < -0.4 is 5.14 Å². The Labute approximate surface area is 90.2 Å². The average molecular weight is 207 g/mol. The maximum Gasteiger partial charge on any atom is 0.0260 e. The predicted molar refractivity (Wildman–Crippen MR) is 62.3 cm³/mol. The summed E-state index contributed by atoms with van der Waals surface area (Å²) >= 11 is 1.39. The maximum absolute atomic E-state index is 5.67. The summed E-state index contributed by atoms with van der Waals surface area (Å²) in [7, 11) is 0. The fourth-order valence-electron chi connectivity index (χ4n) is 2.34. The zero-order valence-corrected chi connectivity index (χ0v) is 9.22. The molecule has 1 aliphatic rings. The summed E-state index contributed by atoms with van der Waals surface area (Å²) in [6.45, 7) is 0. The van der Waals surface area contributed by atoms with Crippen molar-refractivity contribution in [3.05, 3.63) is 29.8 Å². The fraction of sp³-hybridized carbons (Fsp3) is 0.500. The molecular formula is C12H17NS. The van der Waals surface area contributed by atoms with Gasteiger partial charge >= 0.3 is 0 Å². The fourth-order valence-corrected chi connectivity index (χ4v) is 2.87. The Morgan fingerprint density at radius 3 is 2.50 bits per heavy atom. The van der Waals surface area contributed by atoms with Crippen LogP contribution in [-0.4, -0.2) is 0 Å². The van der Waals surface area contributed by atoms with E-state index in [-0.39, 0.29) is 0 Å². The summed E-state index contributed by atoms with van der Waals surface area (Å²) in [6, 6.07) is 8.57. The zero-order valence-electron chi connectivity index (χ0n) is 8.41. The number of hydrogen-bond acceptors (Lipinski definition) is 2. The molecule has 1 saturated carbocycles. The van der Waals surface area contributed by atoms with Gasteiger partial charge in [0.2, 0.25) is 0 Å². The number of hydrogen-bond donors (Lipinski definition) is 1. The number of nitrogens with two attached hydrogens (primary N) is 1. The third-order valence-corrected chi connectivity index (χ3v) is 3.72. The van der Waals surface area contributed by atoms with E-state index in [1.54, 1.807) is 0 Å². The van der Waals surface area contributed by atoms with E-state index in [9.17, 15) is 0 Å². The van der Waals surface area contributed by atoms with Crippen LogP contribution in [0.25, 0.3) is 0 Å². The molecule has 0 heterocycles. The Morgan fingerprint density at radius 2 is 1.79 bits per heavy atom. The highest BCUT2D eigenvalue weighted by Gasteiger charge is 2.17. The molecule has 0 bridgehead atoms. The summed E-state index contributed by atoms with van der Waals surface area (Å²) in [5.74, 6) is 0.760. The average Bonchev–Trinajstić information content (AvgIpc) is 2.30. The molecule has 1 aromatic carbocycles. The monoisotopic (exact) mass is 207 g/mol. The van der Waals surface area contributed by atoms with Crippen LogP contribution in [0, 0.1) is 0 Å². The van der Waals surface area contributed by atoms with Gasteiger partial charge in [-0.3, -0.25) is 5.14 Å². The normalized spacial score (nSPS) is 18.4. The van der Waals surface area contributed by atoms with Crippen LogP contribution in [0.15, 0.2) is 29.2 Å². The Balaban J connectivity index is 2.20. The number of rotatable bonds is 2. The van der Waals surface area contributed by atoms with Gasteiger partial charge in [0.25, 0.3) is 0 Å². The van der Waals surface area contributed by atoms with E-state index < -0.39 is 0 Å². The van der Waals surface area contributed by atoms with Gasteiger partial charge in [-0.25, -0.2) is 0 Å². The Hall–Kier alpha value is -0.470. The molecule has 1 aromatic rings. The van der Waals surface area contributed by atoms with Gasteiger partial charge in [0, 0.05) is 4.90 Å². The molecule has 1 fully saturated rings. The Bertz CT molecular complexity index is 292. The molecular weight excluding hydrogens is 190 g/mol. The van der Waals surface area contributed by atoms with Gasteiger partial charge in [0.05, 0.1) is 0 Å². The minimum atomic E-state index is 0.760.